The molecule has 3 N–H and O–H groups in total. The van der Waals surface area contributed by atoms with Gasteiger partial charge in [0.25, 0.3) is 0 Å². The van der Waals surface area contributed by atoms with Crippen molar-refractivity contribution in [3.63, 3.8) is 0 Å². The van der Waals surface area contributed by atoms with Crippen molar-refractivity contribution in [2.24, 2.45) is 5.73 Å². The number of hydrogen-bond donors (Lipinski definition) is 2. The van der Waals surface area contributed by atoms with Crippen molar-refractivity contribution in [2.45, 2.75) is 37.6 Å². The minimum absolute atomic E-state index is 0.0501. The van der Waals surface area contributed by atoms with Gasteiger partial charge in [-0.15, -0.1) is 0 Å². The molecule has 0 radical (unpaired) electrons. The fourth-order valence-electron chi connectivity index (χ4n) is 2.61. The Morgan fingerprint density at radius 2 is 2.11 bits per heavy atom. The smallest absolute Gasteiger partial charge is 0.224 e. The highest BCUT2D eigenvalue weighted by atomic mass is 79.9. The lowest BCUT2D eigenvalue weighted by atomic mass is 9.97. The summed E-state index contributed by atoms with van der Waals surface area (Å²) in [5.41, 5.74) is 6.34. The third-order valence-corrected chi connectivity index (χ3v) is 4.31. The molecule has 19 heavy (non-hydrogen) atoms. The van der Waals surface area contributed by atoms with Gasteiger partial charge in [-0.1, -0.05) is 18.9 Å². The predicted octanol–water partition coefficient (Wildman–Crippen LogP) is 2.52. The first-order valence-corrected chi connectivity index (χ1v) is 7.29. The predicted molar refractivity (Wildman–Crippen MR) is 76.2 cm³/mol. The van der Waals surface area contributed by atoms with Gasteiger partial charge in [0, 0.05) is 6.54 Å². The van der Waals surface area contributed by atoms with E-state index in [-0.39, 0.29) is 23.7 Å². The summed E-state index contributed by atoms with van der Waals surface area (Å²) in [5.74, 6) is -0.371. The number of nitrogens with one attached hydrogen (secondary N) is 1. The maximum atomic E-state index is 13.1. The van der Waals surface area contributed by atoms with Crippen molar-refractivity contribution >= 4 is 21.8 Å². The van der Waals surface area contributed by atoms with Crippen molar-refractivity contribution in [1.82, 2.24) is 5.32 Å². The first-order chi connectivity index (χ1) is 9.04. The molecule has 1 amide bonds. The van der Waals surface area contributed by atoms with Crippen molar-refractivity contribution in [1.29, 1.82) is 0 Å². The van der Waals surface area contributed by atoms with E-state index in [9.17, 15) is 9.18 Å². The van der Waals surface area contributed by atoms with Crippen LogP contribution in [-0.4, -0.2) is 18.0 Å². The topological polar surface area (TPSA) is 55.1 Å². The Morgan fingerprint density at radius 1 is 1.42 bits per heavy atom. The Kier molecular flexibility index (Phi) is 4.58. The number of benzene rings is 1. The molecule has 0 spiro atoms. The lowest BCUT2D eigenvalue weighted by molar-refractivity contribution is -0.122. The molecule has 0 unspecified atom stereocenters. The van der Waals surface area contributed by atoms with Gasteiger partial charge in [0.15, 0.2) is 0 Å². The van der Waals surface area contributed by atoms with Crippen molar-refractivity contribution in [3.8, 4) is 0 Å². The second-order valence-corrected chi connectivity index (χ2v) is 6.02. The van der Waals surface area contributed by atoms with Gasteiger partial charge in [0.05, 0.1) is 16.4 Å². The van der Waals surface area contributed by atoms with Crippen molar-refractivity contribution in [3.05, 3.63) is 34.1 Å². The van der Waals surface area contributed by atoms with Gasteiger partial charge < -0.3 is 11.1 Å². The second-order valence-electron chi connectivity index (χ2n) is 5.16. The molecule has 0 bridgehead atoms. The van der Waals surface area contributed by atoms with Crippen LogP contribution in [0.5, 0.6) is 0 Å². The Hall–Kier alpha value is -0.940. The van der Waals surface area contributed by atoms with Gasteiger partial charge in [-0.2, -0.15) is 0 Å². The highest BCUT2D eigenvalue weighted by Gasteiger charge is 2.33. The first kappa shape index (κ1) is 14.5. The number of nitrogens with two attached hydrogens (primary N) is 1. The third kappa shape index (κ3) is 3.54. The molecule has 3 nitrogen and oxygen atoms in total. The number of halogens is 2. The van der Waals surface area contributed by atoms with Gasteiger partial charge in [0.2, 0.25) is 5.91 Å². The van der Waals surface area contributed by atoms with Gasteiger partial charge in [-0.05, 0) is 46.5 Å². The van der Waals surface area contributed by atoms with Crippen LogP contribution in [0.25, 0.3) is 0 Å². The van der Waals surface area contributed by atoms with Crippen LogP contribution in [-0.2, 0) is 11.2 Å². The van der Waals surface area contributed by atoms with E-state index in [1.807, 2.05) is 0 Å². The molecular weight excluding hydrogens is 311 g/mol. The molecule has 1 saturated carbocycles. The summed E-state index contributed by atoms with van der Waals surface area (Å²) in [5, 5.41) is 3.05. The molecule has 1 aromatic rings. The average Bonchev–Trinajstić information content (AvgIpc) is 2.83. The number of hydrogen-bond acceptors (Lipinski definition) is 2. The molecule has 0 saturated heterocycles. The maximum absolute atomic E-state index is 13.1. The molecule has 5 heteroatoms. The zero-order chi connectivity index (χ0) is 13.9. The van der Waals surface area contributed by atoms with Crippen LogP contribution in [0.3, 0.4) is 0 Å². The SMILES string of the molecule is NCC1(NC(=O)Cc2ccc(F)c(Br)c2)CCCC1. The molecule has 1 aromatic carbocycles. The Morgan fingerprint density at radius 3 is 2.68 bits per heavy atom. The molecule has 104 valence electrons. The maximum Gasteiger partial charge on any atom is 0.224 e. The quantitative estimate of drug-likeness (QED) is 0.892. The summed E-state index contributed by atoms with van der Waals surface area (Å²) in [6.07, 6.45) is 4.37. The minimum Gasteiger partial charge on any atom is -0.349 e. The largest absolute Gasteiger partial charge is 0.349 e. The zero-order valence-corrected chi connectivity index (χ0v) is 12.3. The van der Waals surface area contributed by atoms with Crippen molar-refractivity contribution in [2.75, 3.05) is 6.54 Å². The van der Waals surface area contributed by atoms with Crippen LogP contribution in [0.2, 0.25) is 0 Å². The fraction of sp³-hybridized carbons (Fsp3) is 0.500. The molecule has 2 rings (SSSR count). The van der Waals surface area contributed by atoms with E-state index in [1.54, 1.807) is 12.1 Å². The lowest BCUT2D eigenvalue weighted by Crippen LogP contribution is -2.52. The summed E-state index contributed by atoms with van der Waals surface area (Å²) in [7, 11) is 0. The van der Waals surface area contributed by atoms with E-state index in [0.29, 0.717) is 11.0 Å². The van der Waals surface area contributed by atoms with Crippen LogP contribution >= 0.6 is 15.9 Å². The van der Waals surface area contributed by atoms with E-state index in [1.165, 1.54) is 6.07 Å². The summed E-state index contributed by atoms with van der Waals surface area (Å²) < 4.78 is 13.5. The zero-order valence-electron chi connectivity index (χ0n) is 10.7. The highest BCUT2D eigenvalue weighted by Crippen LogP contribution is 2.28. The lowest BCUT2D eigenvalue weighted by Gasteiger charge is -2.28. The van der Waals surface area contributed by atoms with E-state index in [4.69, 9.17) is 5.73 Å². The van der Waals surface area contributed by atoms with Gasteiger partial charge in [-0.3, -0.25) is 4.79 Å². The third-order valence-electron chi connectivity index (χ3n) is 3.70. The van der Waals surface area contributed by atoms with E-state index < -0.39 is 0 Å². The number of carbonyl (C=O) groups is 1. The second kappa shape index (κ2) is 6.01. The summed E-state index contributed by atoms with van der Waals surface area (Å²) in [4.78, 5) is 12.1. The highest BCUT2D eigenvalue weighted by molar-refractivity contribution is 9.10. The van der Waals surface area contributed by atoms with Crippen LogP contribution in [0.4, 0.5) is 4.39 Å². The molecule has 1 aliphatic carbocycles. The molecule has 1 aliphatic rings. The van der Waals surface area contributed by atoms with Crippen LogP contribution in [0, 0.1) is 5.82 Å². The molecule has 0 atom stereocenters. The molecule has 0 heterocycles. The van der Waals surface area contributed by atoms with E-state index in [2.05, 4.69) is 21.2 Å². The summed E-state index contributed by atoms with van der Waals surface area (Å²) >= 11 is 3.12. The van der Waals surface area contributed by atoms with Crippen LogP contribution in [0.1, 0.15) is 31.2 Å². The number of rotatable bonds is 4. The van der Waals surface area contributed by atoms with Gasteiger partial charge >= 0.3 is 0 Å². The fourth-order valence-corrected chi connectivity index (χ4v) is 3.03. The van der Waals surface area contributed by atoms with Crippen LogP contribution < -0.4 is 11.1 Å². The molecule has 1 fully saturated rings. The monoisotopic (exact) mass is 328 g/mol. The van der Waals surface area contributed by atoms with Crippen LogP contribution in [0.15, 0.2) is 22.7 Å². The number of amides is 1. The van der Waals surface area contributed by atoms with E-state index in [0.717, 1.165) is 31.2 Å². The van der Waals surface area contributed by atoms with Gasteiger partial charge in [-0.25, -0.2) is 4.39 Å². The molecule has 0 aromatic heterocycles. The van der Waals surface area contributed by atoms with E-state index >= 15 is 0 Å². The first-order valence-electron chi connectivity index (χ1n) is 6.50. The Bertz CT molecular complexity index is 473. The number of carbonyl (C=O) groups excluding carboxylic acids is 1. The Balaban J connectivity index is 1.99. The standard InChI is InChI=1S/C14H18BrFN2O/c15-11-7-10(3-4-12(11)16)8-13(19)18-14(9-17)5-1-2-6-14/h3-4,7H,1-2,5-6,8-9,17H2,(H,18,19). The normalized spacial score (nSPS) is 17.4. The van der Waals surface area contributed by atoms with Crippen molar-refractivity contribution < 1.29 is 9.18 Å². The summed E-state index contributed by atoms with van der Waals surface area (Å²) in [6.45, 7) is 0.478. The molecular formula is C14H18BrFN2O. The Labute approximate surface area is 120 Å². The molecule has 0 aliphatic heterocycles. The minimum atomic E-state index is -0.321. The summed E-state index contributed by atoms with van der Waals surface area (Å²) in [6, 6.07) is 4.63. The average molecular weight is 329 g/mol. The van der Waals surface area contributed by atoms with Gasteiger partial charge in [0.1, 0.15) is 5.82 Å².